The van der Waals surface area contributed by atoms with Crippen LogP contribution < -0.4 is 5.73 Å². The van der Waals surface area contributed by atoms with Gasteiger partial charge < -0.3 is 10.6 Å². The average molecular weight is 301 g/mol. The van der Waals surface area contributed by atoms with Crippen molar-refractivity contribution in [1.29, 1.82) is 0 Å². The first-order valence-corrected chi connectivity index (χ1v) is 6.84. The average Bonchev–Trinajstić information content (AvgIpc) is 2.38. The Kier molecular flexibility index (Phi) is 6.43. The molecule has 0 spiro atoms. The summed E-state index contributed by atoms with van der Waals surface area (Å²) in [6, 6.07) is 6.35. The van der Waals surface area contributed by atoms with Crippen LogP contribution in [0.2, 0.25) is 0 Å². The molecule has 1 fully saturated rings. The zero-order chi connectivity index (χ0) is 13.8. The van der Waals surface area contributed by atoms with Gasteiger partial charge in [0.15, 0.2) is 0 Å². The Hall–Kier alpha value is -1.13. The summed E-state index contributed by atoms with van der Waals surface area (Å²) in [7, 11) is 0. The summed E-state index contributed by atoms with van der Waals surface area (Å²) in [5.74, 6) is 0.368. The molecule has 2 atom stereocenters. The fourth-order valence-electron chi connectivity index (χ4n) is 2.73. The molecule has 5 heteroatoms. The lowest BCUT2D eigenvalue weighted by Gasteiger charge is -2.38. The quantitative estimate of drug-likeness (QED) is 0.931. The molecule has 112 valence electrons. The molecule has 1 aliphatic heterocycles. The summed E-state index contributed by atoms with van der Waals surface area (Å²) >= 11 is 0. The number of carbonyl (C=O) groups is 1. The van der Waals surface area contributed by atoms with Gasteiger partial charge in [-0.25, -0.2) is 4.39 Å². The molecule has 2 unspecified atom stereocenters. The highest BCUT2D eigenvalue weighted by atomic mass is 35.5. The van der Waals surface area contributed by atoms with Crippen LogP contribution in [0.15, 0.2) is 24.3 Å². The van der Waals surface area contributed by atoms with Crippen LogP contribution in [0.1, 0.15) is 25.3 Å². The molecular formula is C15H22ClFN2O. The first-order valence-electron chi connectivity index (χ1n) is 6.84. The molecule has 2 rings (SSSR count). The van der Waals surface area contributed by atoms with Gasteiger partial charge in [-0.2, -0.15) is 0 Å². The number of amides is 1. The Bertz CT molecular complexity index is 455. The molecule has 1 saturated heterocycles. The number of nitrogens with zero attached hydrogens (tertiary/aromatic N) is 1. The zero-order valence-electron chi connectivity index (χ0n) is 11.7. The minimum absolute atomic E-state index is 0. The van der Waals surface area contributed by atoms with Gasteiger partial charge in [-0.3, -0.25) is 4.79 Å². The monoisotopic (exact) mass is 300 g/mol. The van der Waals surface area contributed by atoms with Crippen LogP contribution in [0.5, 0.6) is 0 Å². The van der Waals surface area contributed by atoms with Gasteiger partial charge in [0.25, 0.3) is 0 Å². The van der Waals surface area contributed by atoms with Crippen molar-refractivity contribution in [1.82, 2.24) is 4.90 Å². The largest absolute Gasteiger partial charge is 0.338 e. The summed E-state index contributed by atoms with van der Waals surface area (Å²) in [4.78, 5) is 14.2. The van der Waals surface area contributed by atoms with E-state index in [1.165, 1.54) is 12.1 Å². The van der Waals surface area contributed by atoms with Crippen LogP contribution in [-0.4, -0.2) is 29.9 Å². The molecule has 1 aliphatic rings. The second-order valence-electron chi connectivity index (χ2n) is 5.41. The van der Waals surface area contributed by atoms with Crippen molar-refractivity contribution >= 4 is 18.3 Å². The van der Waals surface area contributed by atoms with E-state index < -0.39 is 0 Å². The van der Waals surface area contributed by atoms with E-state index in [1.807, 2.05) is 4.90 Å². The molecule has 1 aromatic carbocycles. The number of likely N-dealkylation sites (tertiary alicyclic amines) is 1. The van der Waals surface area contributed by atoms with Gasteiger partial charge in [0.05, 0.1) is 6.42 Å². The topological polar surface area (TPSA) is 46.3 Å². The van der Waals surface area contributed by atoms with Crippen molar-refractivity contribution in [3.05, 3.63) is 35.6 Å². The van der Waals surface area contributed by atoms with Gasteiger partial charge >= 0.3 is 0 Å². The van der Waals surface area contributed by atoms with Crippen LogP contribution in [0.3, 0.4) is 0 Å². The van der Waals surface area contributed by atoms with Gasteiger partial charge in [0, 0.05) is 19.1 Å². The number of hydrogen-bond donors (Lipinski definition) is 1. The lowest BCUT2D eigenvalue weighted by molar-refractivity contribution is -0.134. The molecule has 3 nitrogen and oxygen atoms in total. The lowest BCUT2D eigenvalue weighted by atomic mass is 9.92. The molecule has 0 saturated carbocycles. The van der Waals surface area contributed by atoms with Gasteiger partial charge in [0.1, 0.15) is 5.82 Å². The summed E-state index contributed by atoms with van der Waals surface area (Å²) in [6.45, 7) is 3.45. The minimum atomic E-state index is -0.298. The maximum atomic E-state index is 13.1. The third-order valence-electron chi connectivity index (χ3n) is 3.81. The molecule has 1 amide bonds. The Labute approximate surface area is 125 Å². The third-order valence-corrected chi connectivity index (χ3v) is 3.81. The molecule has 1 aromatic rings. The highest BCUT2D eigenvalue weighted by molar-refractivity contribution is 5.85. The maximum absolute atomic E-state index is 13.1. The van der Waals surface area contributed by atoms with E-state index in [1.54, 1.807) is 12.1 Å². The number of rotatable bonds is 3. The molecular weight excluding hydrogens is 279 g/mol. The SMILES string of the molecule is CC1CCN(C(=O)Cc2cccc(F)c2)C(CN)C1.Cl. The summed E-state index contributed by atoms with van der Waals surface area (Å²) in [5.41, 5.74) is 6.48. The molecule has 0 bridgehead atoms. The standard InChI is InChI=1S/C15H21FN2O.ClH/c1-11-5-6-18(14(7-11)10-17)15(19)9-12-3-2-4-13(16)8-12;/h2-4,8,11,14H,5-7,9-10,17H2,1H3;1H. The van der Waals surface area contributed by atoms with Crippen molar-refractivity contribution in [2.24, 2.45) is 11.7 Å². The lowest BCUT2D eigenvalue weighted by Crippen LogP contribution is -2.49. The number of halogens is 2. The fourth-order valence-corrected chi connectivity index (χ4v) is 2.73. The van der Waals surface area contributed by atoms with Gasteiger partial charge in [-0.15, -0.1) is 12.4 Å². The molecule has 0 aromatic heterocycles. The second-order valence-corrected chi connectivity index (χ2v) is 5.41. The highest BCUT2D eigenvalue weighted by Gasteiger charge is 2.28. The van der Waals surface area contributed by atoms with Crippen molar-refractivity contribution in [3.63, 3.8) is 0 Å². The number of hydrogen-bond acceptors (Lipinski definition) is 2. The van der Waals surface area contributed by atoms with E-state index >= 15 is 0 Å². The first kappa shape index (κ1) is 16.9. The van der Waals surface area contributed by atoms with Gasteiger partial charge in [-0.05, 0) is 36.5 Å². The van der Waals surface area contributed by atoms with Crippen molar-refractivity contribution in [3.8, 4) is 0 Å². The van der Waals surface area contributed by atoms with Crippen LogP contribution in [-0.2, 0) is 11.2 Å². The Morgan fingerprint density at radius 3 is 2.90 bits per heavy atom. The predicted molar refractivity (Wildman–Crippen MR) is 80.3 cm³/mol. The molecule has 2 N–H and O–H groups in total. The van der Waals surface area contributed by atoms with Crippen LogP contribution in [0.4, 0.5) is 4.39 Å². The number of nitrogens with two attached hydrogens (primary N) is 1. The van der Waals surface area contributed by atoms with Crippen LogP contribution in [0, 0.1) is 11.7 Å². The smallest absolute Gasteiger partial charge is 0.227 e. The number of carbonyl (C=O) groups excluding carboxylic acids is 1. The van der Waals surface area contributed by atoms with Crippen molar-refractivity contribution in [2.75, 3.05) is 13.1 Å². The van der Waals surface area contributed by atoms with Crippen molar-refractivity contribution < 1.29 is 9.18 Å². The van der Waals surface area contributed by atoms with E-state index in [2.05, 4.69) is 6.92 Å². The third kappa shape index (κ3) is 4.18. The predicted octanol–water partition coefficient (Wildman–Crippen LogP) is 2.38. The maximum Gasteiger partial charge on any atom is 0.227 e. The van der Waals surface area contributed by atoms with Crippen molar-refractivity contribution in [2.45, 2.75) is 32.2 Å². The molecule has 0 aliphatic carbocycles. The van der Waals surface area contributed by atoms with Crippen LogP contribution >= 0.6 is 12.4 Å². The molecule has 1 heterocycles. The highest BCUT2D eigenvalue weighted by Crippen LogP contribution is 2.22. The Morgan fingerprint density at radius 2 is 2.25 bits per heavy atom. The van der Waals surface area contributed by atoms with E-state index in [0.717, 1.165) is 24.9 Å². The zero-order valence-corrected chi connectivity index (χ0v) is 12.5. The molecule has 0 radical (unpaired) electrons. The van der Waals surface area contributed by atoms with E-state index in [0.29, 0.717) is 12.5 Å². The second kappa shape index (κ2) is 7.60. The fraction of sp³-hybridized carbons (Fsp3) is 0.533. The van der Waals surface area contributed by atoms with Crippen LogP contribution in [0.25, 0.3) is 0 Å². The van der Waals surface area contributed by atoms with E-state index in [4.69, 9.17) is 5.73 Å². The number of benzene rings is 1. The van der Waals surface area contributed by atoms with E-state index in [-0.39, 0.29) is 36.6 Å². The number of piperidine rings is 1. The van der Waals surface area contributed by atoms with E-state index in [9.17, 15) is 9.18 Å². The minimum Gasteiger partial charge on any atom is -0.338 e. The molecule has 20 heavy (non-hydrogen) atoms. The Balaban J connectivity index is 0.00000200. The normalized spacial score (nSPS) is 22.2. The Morgan fingerprint density at radius 1 is 1.50 bits per heavy atom. The summed E-state index contributed by atoms with van der Waals surface area (Å²) < 4.78 is 13.1. The first-order chi connectivity index (χ1) is 9.10. The summed E-state index contributed by atoms with van der Waals surface area (Å²) in [5, 5.41) is 0. The van der Waals surface area contributed by atoms with Gasteiger partial charge in [-0.1, -0.05) is 19.1 Å². The summed E-state index contributed by atoms with van der Waals surface area (Å²) in [6.07, 6.45) is 2.24. The van der Waals surface area contributed by atoms with Gasteiger partial charge in [0.2, 0.25) is 5.91 Å².